The predicted octanol–water partition coefficient (Wildman–Crippen LogP) is 3.38. The molecule has 0 aliphatic carbocycles. The lowest BCUT2D eigenvalue weighted by Crippen LogP contribution is -2.37. The lowest BCUT2D eigenvalue weighted by molar-refractivity contribution is 0.237. The Labute approximate surface area is 136 Å². The zero-order valence-electron chi connectivity index (χ0n) is 11.8. The molecule has 2 rings (SSSR count). The van der Waals surface area contributed by atoms with Crippen molar-refractivity contribution in [3.05, 3.63) is 45.3 Å². The second kappa shape index (κ2) is 6.93. The minimum atomic E-state index is -0.600. The van der Waals surface area contributed by atoms with Crippen LogP contribution in [0, 0.1) is 12.7 Å². The maximum Gasteiger partial charge on any atom is 0.315 e. The minimum Gasteiger partial charge on any atom is -0.340 e. The highest BCUT2D eigenvalue weighted by molar-refractivity contribution is 6.35. The van der Waals surface area contributed by atoms with Crippen molar-refractivity contribution in [3.8, 4) is 0 Å². The fourth-order valence-electron chi connectivity index (χ4n) is 1.77. The zero-order chi connectivity index (χ0) is 16.3. The normalized spacial score (nSPS) is 12.0. The summed E-state index contributed by atoms with van der Waals surface area (Å²) in [4.78, 5) is 15.7. The van der Waals surface area contributed by atoms with Crippen LogP contribution in [0.1, 0.15) is 30.2 Å². The van der Waals surface area contributed by atoms with Crippen LogP contribution >= 0.6 is 23.2 Å². The van der Waals surface area contributed by atoms with Crippen LogP contribution < -0.4 is 10.6 Å². The summed E-state index contributed by atoms with van der Waals surface area (Å²) in [5.41, 5.74) is 0.425. The number of amides is 2. The number of urea groups is 1. The molecule has 1 heterocycles. The van der Waals surface area contributed by atoms with Crippen molar-refractivity contribution in [1.82, 2.24) is 20.8 Å². The number of carbonyl (C=O) groups is 1. The fraction of sp³-hybridized carbons (Fsp3) is 0.308. The minimum absolute atomic E-state index is 0.0714. The molecule has 2 amide bonds. The highest BCUT2D eigenvalue weighted by Gasteiger charge is 2.15. The van der Waals surface area contributed by atoms with Crippen molar-refractivity contribution in [2.24, 2.45) is 0 Å². The Kier molecular flexibility index (Phi) is 5.20. The molecule has 0 radical (unpaired) electrons. The van der Waals surface area contributed by atoms with E-state index in [-0.39, 0.29) is 16.6 Å². The fourth-order valence-corrected chi connectivity index (χ4v) is 2.31. The Balaban J connectivity index is 1.95. The van der Waals surface area contributed by atoms with E-state index in [0.29, 0.717) is 17.3 Å². The molecule has 0 aliphatic rings. The zero-order valence-corrected chi connectivity index (χ0v) is 13.3. The summed E-state index contributed by atoms with van der Waals surface area (Å²) in [6.45, 7) is 3.43. The van der Waals surface area contributed by atoms with Crippen LogP contribution in [0.2, 0.25) is 10.0 Å². The van der Waals surface area contributed by atoms with Crippen LogP contribution in [0.3, 0.4) is 0 Å². The van der Waals surface area contributed by atoms with Gasteiger partial charge in [-0.3, -0.25) is 0 Å². The van der Waals surface area contributed by atoms with Crippen molar-refractivity contribution in [1.29, 1.82) is 0 Å². The van der Waals surface area contributed by atoms with Crippen molar-refractivity contribution < 1.29 is 13.7 Å². The van der Waals surface area contributed by atoms with Crippen molar-refractivity contribution in [3.63, 3.8) is 0 Å². The number of hydrogen-bond donors (Lipinski definition) is 2. The molecule has 0 saturated heterocycles. The van der Waals surface area contributed by atoms with E-state index in [9.17, 15) is 9.18 Å². The lowest BCUT2D eigenvalue weighted by Gasteiger charge is -2.16. The van der Waals surface area contributed by atoms with Crippen molar-refractivity contribution in [2.45, 2.75) is 26.4 Å². The third-order valence-electron chi connectivity index (χ3n) is 2.83. The van der Waals surface area contributed by atoms with Crippen LogP contribution in [0.4, 0.5) is 9.18 Å². The van der Waals surface area contributed by atoms with Gasteiger partial charge in [0.1, 0.15) is 5.82 Å². The molecule has 0 saturated carbocycles. The number of benzene rings is 1. The molecule has 2 N–H and O–H groups in total. The molecule has 0 bridgehead atoms. The third kappa shape index (κ3) is 4.08. The molecule has 9 heteroatoms. The van der Waals surface area contributed by atoms with E-state index in [1.807, 2.05) is 0 Å². The first kappa shape index (κ1) is 16.5. The predicted molar refractivity (Wildman–Crippen MR) is 79.2 cm³/mol. The highest BCUT2D eigenvalue weighted by atomic mass is 35.5. The van der Waals surface area contributed by atoms with E-state index in [1.165, 1.54) is 12.1 Å². The summed E-state index contributed by atoms with van der Waals surface area (Å²) in [5.74, 6) is 0.169. The monoisotopic (exact) mass is 346 g/mol. The molecule has 1 aromatic heterocycles. The number of aromatic nitrogens is 2. The van der Waals surface area contributed by atoms with Gasteiger partial charge in [0.25, 0.3) is 0 Å². The smallest absolute Gasteiger partial charge is 0.315 e. The van der Waals surface area contributed by atoms with E-state index in [0.717, 1.165) is 0 Å². The molecule has 118 valence electrons. The van der Waals surface area contributed by atoms with Crippen LogP contribution in [0.15, 0.2) is 16.7 Å². The molecular weight excluding hydrogens is 334 g/mol. The Bertz CT molecular complexity index is 693. The first-order valence-electron chi connectivity index (χ1n) is 6.35. The van der Waals surface area contributed by atoms with Crippen LogP contribution in [-0.4, -0.2) is 16.2 Å². The van der Waals surface area contributed by atoms with E-state index < -0.39 is 17.9 Å². The summed E-state index contributed by atoms with van der Waals surface area (Å²) >= 11 is 11.6. The largest absolute Gasteiger partial charge is 0.340 e. The van der Waals surface area contributed by atoms with Gasteiger partial charge in [-0.2, -0.15) is 4.98 Å². The van der Waals surface area contributed by atoms with Crippen LogP contribution in [0.25, 0.3) is 0 Å². The Morgan fingerprint density at radius 2 is 2.14 bits per heavy atom. The van der Waals surface area contributed by atoms with Gasteiger partial charge in [0.15, 0.2) is 5.82 Å². The standard InChI is InChI=1S/C13H13Cl2FN4O2/c1-6(8-3-11(16)10(15)4-9(8)14)18-13(21)17-5-12-19-7(2)22-20-12/h3-4,6H,5H2,1-2H3,(H2,17,18,21)/t6-/m1/s1. The van der Waals surface area contributed by atoms with E-state index in [2.05, 4.69) is 20.8 Å². The molecule has 0 fully saturated rings. The van der Waals surface area contributed by atoms with Gasteiger partial charge >= 0.3 is 6.03 Å². The van der Waals surface area contributed by atoms with Gasteiger partial charge in [-0.15, -0.1) is 0 Å². The summed E-state index contributed by atoms with van der Waals surface area (Å²) in [6.07, 6.45) is 0. The summed E-state index contributed by atoms with van der Waals surface area (Å²) in [6, 6.07) is 1.51. The van der Waals surface area contributed by atoms with Crippen molar-refractivity contribution >= 4 is 29.2 Å². The molecular formula is C13H13Cl2FN4O2. The molecule has 0 aliphatic heterocycles. The highest BCUT2D eigenvalue weighted by Crippen LogP contribution is 2.28. The first-order valence-corrected chi connectivity index (χ1v) is 7.10. The number of hydrogen-bond acceptors (Lipinski definition) is 4. The number of nitrogens with one attached hydrogen (secondary N) is 2. The molecule has 0 spiro atoms. The quantitative estimate of drug-likeness (QED) is 0.831. The molecule has 1 aromatic carbocycles. The average Bonchev–Trinajstić information content (AvgIpc) is 2.86. The number of carbonyl (C=O) groups excluding carboxylic acids is 1. The van der Waals surface area contributed by atoms with Gasteiger partial charge in [-0.05, 0) is 24.6 Å². The number of halogens is 3. The van der Waals surface area contributed by atoms with Gasteiger partial charge in [0.2, 0.25) is 5.89 Å². The Morgan fingerprint density at radius 1 is 1.41 bits per heavy atom. The molecule has 2 aromatic rings. The Hall–Kier alpha value is -1.86. The third-order valence-corrected chi connectivity index (χ3v) is 3.45. The van der Waals surface area contributed by atoms with Gasteiger partial charge in [-0.1, -0.05) is 28.4 Å². The van der Waals surface area contributed by atoms with Crippen molar-refractivity contribution in [2.75, 3.05) is 0 Å². The number of aryl methyl sites for hydroxylation is 1. The van der Waals surface area contributed by atoms with E-state index in [1.54, 1.807) is 13.8 Å². The summed E-state index contributed by atoms with van der Waals surface area (Å²) in [7, 11) is 0. The van der Waals surface area contributed by atoms with Crippen LogP contribution in [0.5, 0.6) is 0 Å². The Morgan fingerprint density at radius 3 is 2.77 bits per heavy atom. The second-order valence-corrected chi connectivity index (χ2v) is 5.38. The van der Waals surface area contributed by atoms with Gasteiger partial charge < -0.3 is 15.2 Å². The summed E-state index contributed by atoms with van der Waals surface area (Å²) in [5, 5.41) is 9.04. The average molecular weight is 347 g/mol. The number of rotatable bonds is 4. The second-order valence-electron chi connectivity index (χ2n) is 4.57. The summed E-state index contributed by atoms with van der Waals surface area (Å²) < 4.78 is 18.3. The first-order chi connectivity index (χ1) is 10.4. The topological polar surface area (TPSA) is 80.0 Å². The maximum absolute atomic E-state index is 13.5. The van der Waals surface area contributed by atoms with E-state index >= 15 is 0 Å². The molecule has 0 unspecified atom stereocenters. The molecule has 1 atom stereocenters. The van der Waals surface area contributed by atoms with Crippen LogP contribution in [-0.2, 0) is 6.54 Å². The van der Waals surface area contributed by atoms with Gasteiger partial charge in [0.05, 0.1) is 17.6 Å². The molecule has 6 nitrogen and oxygen atoms in total. The number of nitrogens with zero attached hydrogens (tertiary/aromatic N) is 2. The molecule has 22 heavy (non-hydrogen) atoms. The van der Waals surface area contributed by atoms with E-state index in [4.69, 9.17) is 27.7 Å². The van der Waals surface area contributed by atoms with Gasteiger partial charge in [-0.25, -0.2) is 9.18 Å². The lowest BCUT2D eigenvalue weighted by atomic mass is 10.1. The maximum atomic E-state index is 13.5. The van der Waals surface area contributed by atoms with Gasteiger partial charge in [0, 0.05) is 11.9 Å². The SMILES string of the molecule is Cc1nc(CNC(=O)N[C@H](C)c2cc(F)c(Cl)cc2Cl)no1.